The number of nitro groups is 1. The van der Waals surface area contributed by atoms with Crippen LogP contribution in [-0.4, -0.2) is 13.3 Å². The highest BCUT2D eigenvalue weighted by Gasteiger charge is 2.20. The van der Waals surface area contributed by atoms with E-state index in [0.29, 0.717) is 15.8 Å². The highest BCUT2D eigenvalue weighted by molar-refractivity contribution is 7.92. The lowest BCUT2D eigenvalue weighted by Crippen LogP contribution is -2.13. The number of sulfonamides is 1. The molecule has 0 bridgehead atoms. The Morgan fingerprint density at radius 3 is 2.67 bits per heavy atom. The molecule has 0 saturated carbocycles. The van der Waals surface area contributed by atoms with Crippen molar-refractivity contribution < 1.29 is 17.8 Å². The first-order valence-electron chi connectivity index (χ1n) is 6.58. The van der Waals surface area contributed by atoms with Crippen LogP contribution in [0, 0.1) is 17.0 Å². The van der Waals surface area contributed by atoms with Gasteiger partial charge in [-0.25, -0.2) is 13.2 Å². The van der Waals surface area contributed by atoms with Gasteiger partial charge in [-0.15, -0.1) is 0 Å². The van der Waals surface area contributed by atoms with Gasteiger partial charge in [0.25, 0.3) is 15.7 Å². The molecule has 0 amide bonds. The third kappa shape index (κ3) is 3.01. The van der Waals surface area contributed by atoms with Gasteiger partial charge in [-0.2, -0.15) is 0 Å². The number of aryl methyl sites for hydroxylation is 1. The fourth-order valence-corrected chi connectivity index (χ4v) is 3.88. The molecule has 0 unspecified atom stereocenters. The Morgan fingerprint density at radius 2 is 1.96 bits per heavy atom. The average Bonchev–Trinajstić information content (AvgIpc) is 2.86. The van der Waals surface area contributed by atoms with E-state index in [2.05, 4.69) is 4.72 Å². The Labute approximate surface area is 139 Å². The van der Waals surface area contributed by atoms with Crippen LogP contribution in [0.3, 0.4) is 0 Å². The molecule has 0 aliphatic heterocycles. The lowest BCUT2D eigenvalue weighted by molar-refractivity contribution is -0.385. The zero-order chi connectivity index (χ0) is 17.5. The summed E-state index contributed by atoms with van der Waals surface area (Å²) in [7, 11) is -4.01. The predicted molar refractivity (Wildman–Crippen MR) is 89.0 cm³/mol. The van der Waals surface area contributed by atoms with Crippen molar-refractivity contribution in [3.63, 3.8) is 0 Å². The molecule has 0 radical (unpaired) electrons. The fraction of sp³-hybridized carbons (Fsp3) is 0.0714. The standard InChI is InChI=1S/C14H10N2O6S2/c1-8-2-4-10(7-11(8)16(18)19)24(20,21)15-9-3-5-12-13(6-9)23-14(17)22-12/h2-7,15H,1H3. The van der Waals surface area contributed by atoms with Gasteiger partial charge in [0.1, 0.15) is 5.58 Å². The smallest absolute Gasteiger partial charge is 0.396 e. The molecule has 2 aromatic carbocycles. The Kier molecular flexibility index (Phi) is 3.85. The van der Waals surface area contributed by atoms with Gasteiger partial charge in [0, 0.05) is 11.6 Å². The van der Waals surface area contributed by atoms with E-state index in [1.807, 2.05) is 0 Å². The summed E-state index contributed by atoms with van der Waals surface area (Å²) in [5.74, 6) is 0. The van der Waals surface area contributed by atoms with Crippen molar-refractivity contribution in [2.45, 2.75) is 11.8 Å². The Hall–Kier alpha value is -2.72. The summed E-state index contributed by atoms with van der Waals surface area (Å²) in [6.07, 6.45) is 0. The minimum atomic E-state index is -4.01. The van der Waals surface area contributed by atoms with E-state index < -0.39 is 19.9 Å². The molecule has 0 aliphatic rings. The van der Waals surface area contributed by atoms with Crippen LogP contribution in [0.25, 0.3) is 10.3 Å². The molecule has 0 saturated heterocycles. The van der Waals surface area contributed by atoms with Gasteiger partial charge in [0.05, 0.1) is 20.2 Å². The second-order valence-corrected chi connectivity index (χ2v) is 7.59. The van der Waals surface area contributed by atoms with Gasteiger partial charge in [0.2, 0.25) is 0 Å². The minimum Gasteiger partial charge on any atom is -0.414 e. The Bertz CT molecular complexity index is 1110. The highest BCUT2D eigenvalue weighted by Crippen LogP contribution is 2.26. The number of nitrogens with zero attached hydrogens (tertiary/aromatic N) is 1. The van der Waals surface area contributed by atoms with Crippen LogP contribution in [0.5, 0.6) is 0 Å². The lowest BCUT2D eigenvalue weighted by Gasteiger charge is -2.08. The number of nitrogens with one attached hydrogen (secondary N) is 1. The molecular weight excluding hydrogens is 356 g/mol. The number of hydrogen-bond donors (Lipinski definition) is 1. The minimum absolute atomic E-state index is 0.222. The van der Waals surface area contributed by atoms with E-state index in [1.165, 1.54) is 37.3 Å². The molecule has 1 N–H and O–H groups in total. The van der Waals surface area contributed by atoms with Crippen LogP contribution < -0.4 is 9.66 Å². The summed E-state index contributed by atoms with van der Waals surface area (Å²) in [5, 5.41) is 11.0. The molecule has 0 fully saturated rings. The van der Waals surface area contributed by atoms with E-state index in [9.17, 15) is 23.3 Å². The molecule has 0 aliphatic carbocycles. The number of rotatable bonds is 4. The number of anilines is 1. The van der Waals surface area contributed by atoms with Crippen LogP contribution in [0.2, 0.25) is 0 Å². The molecule has 1 heterocycles. The lowest BCUT2D eigenvalue weighted by atomic mass is 10.2. The summed E-state index contributed by atoms with van der Waals surface area (Å²) >= 11 is 0.850. The predicted octanol–water partition coefficient (Wildman–Crippen LogP) is 2.87. The summed E-state index contributed by atoms with van der Waals surface area (Å²) in [6, 6.07) is 8.05. The molecule has 0 spiro atoms. The van der Waals surface area contributed by atoms with Crippen molar-refractivity contribution in [1.29, 1.82) is 0 Å². The molecule has 24 heavy (non-hydrogen) atoms. The van der Waals surface area contributed by atoms with E-state index >= 15 is 0 Å². The van der Waals surface area contributed by atoms with Gasteiger partial charge < -0.3 is 4.42 Å². The summed E-state index contributed by atoms with van der Waals surface area (Å²) in [6.45, 7) is 1.52. The van der Waals surface area contributed by atoms with Gasteiger partial charge in [-0.05, 0) is 31.2 Å². The van der Waals surface area contributed by atoms with Crippen LogP contribution in [0.4, 0.5) is 11.4 Å². The third-order valence-electron chi connectivity index (χ3n) is 3.27. The van der Waals surface area contributed by atoms with E-state index in [4.69, 9.17) is 4.42 Å². The summed E-state index contributed by atoms with van der Waals surface area (Å²) in [4.78, 5) is 20.8. The Morgan fingerprint density at radius 1 is 1.21 bits per heavy atom. The zero-order valence-corrected chi connectivity index (χ0v) is 13.8. The van der Waals surface area contributed by atoms with Crippen molar-refractivity contribution >= 4 is 43.0 Å². The van der Waals surface area contributed by atoms with Crippen LogP contribution in [0.15, 0.2) is 50.5 Å². The third-order valence-corrected chi connectivity index (χ3v) is 5.44. The number of fused-ring (bicyclic) bond motifs is 1. The van der Waals surface area contributed by atoms with Crippen LogP contribution in [0.1, 0.15) is 5.56 Å². The van der Waals surface area contributed by atoms with E-state index in [0.717, 1.165) is 17.4 Å². The SMILES string of the molecule is Cc1ccc(S(=O)(=O)Nc2ccc3oc(=O)sc3c2)cc1[N+](=O)[O-]. The molecule has 0 atom stereocenters. The largest absolute Gasteiger partial charge is 0.414 e. The van der Waals surface area contributed by atoms with Crippen molar-refractivity contribution in [2.24, 2.45) is 0 Å². The molecule has 3 rings (SSSR count). The van der Waals surface area contributed by atoms with Crippen molar-refractivity contribution in [3.05, 3.63) is 61.8 Å². The summed E-state index contributed by atoms with van der Waals surface area (Å²) < 4.78 is 32.6. The molecule has 3 aromatic rings. The number of nitro benzene ring substituents is 1. The number of benzene rings is 2. The van der Waals surface area contributed by atoms with Crippen molar-refractivity contribution in [2.75, 3.05) is 4.72 Å². The first kappa shape index (κ1) is 16.1. The van der Waals surface area contributed by atoms with Gasteiger partial charge >= 0.3 is 4.94 Å². The zero-order valence-electron chi connectivity index (χ0n) is 12.2. The maximum Gasteiger partial charge on any atom is 0.396 e. The van der Waals surface area contributed by atoms with Crippen LogP contribution in [-0.2, 0) is 10.0 Å². The summed E-state index contributed by atoms with van der Waals surface area (Å²) in [5.41, 5.74) is 0.673. The second-order valence-electron chi connectivity index (χ2n) is 4.93. The fourth-order valence-electron chi connectivity index (χ4n) is 2.10. The van der Waals surface area contributed by atoms with Crippen LogP contribution >= 0.6 is 11.3 Å². The van der Waals surface area contributed by atoms with E-state index in [-0.39, 0.29) is 16.3 Å². The molecule has 124 valence electrons. The van der Waals surface area contributed by atoms with Gasteiger partial charge in [-0.3, -0.25) is 14.8 Å². The number of hydrogen-bond acceptors (Lipinski definition) is 7. The molecule has 10 heteroatoms. The maximum absolute atomic E-state index is 12.4. The highest BCUT2D eigenvalue weighted by atomic mass is 32.2. The van der Waals surface area contributed by atoms with Gasteiger partial charge in [-0.1, -0.05) is 17.4 Å². The molecule has 8 nitrogen and oxygen atoms in total. The second kappa shape index (κ2) is 5.73. The average molecular weight is 366 g/mol. The first-order chi connectivity index (χ1) is 11.3. The van der Waals surface area contributed by atoms with Gasteiger partial charge in [0.15, 0.2) is 0 Å². The first-order valence-corrected chi connectivity index (χ1v) is 8.88. The maximum atomic E-state index is 12.4. The van der Waals surface area contributed by atoms with Crippen molar-refractivity contribution in [1.82, 2.24) is 0 Å². The molecule has 1 aromatic heterocycles. The normalized spacial score (nSPS) is 11.5. The monoisotopic (exact) mass is 366 g/mol. The van der Waals surface area contributed by atoms with E-state index in [1.54, 1.807) is 0 Å². The molecular formula is C14H10N2O6S2. The Balaban J connectivity index is 1.99. The quantitative estimate of drug-likeness (QED) is 0.560. The van der Waals surface area contributed by atoms with Crippen molar-refractivity contribution in [3.8, 4) is 0 Å². The topological polar surface area (TPSA) is 120 Å².